The number of cyclic esters (lactones) is 1. The van der Waals surface area contributed by atoms with Gasteiger partial charge in [-0.15, -0.1) is 0 Å². The summed E-state index contributed by atoms with van der Waals surface area (Å²) in [5.41, 5.74) is -0.127. The molecule has 1 aromatic rings. The molecule has 5 nitrogen and oxygen atoms in total. The van der Waals surface area contributed by atoms with Crippen LogP contribution in [0.4, 0.5) is 18.0 Å². The van der Waals surface area contributed by atoms with E-state index in [9.17, 15) is 22.8 Å². The van der Waals surface area contributed by atoms with Crippen molar-refractivity contribution >= 4 is 12.0 Å². The molecule has 0 bridgehead atoms. The van der Waals surface area contributed by atoms with Gasteiger partial charge in [-0.1, -0.05) is 12.1 Å². The molecule has 1 N–H and O–H groups in total. The molecule has 3 aliphatic rings. The van der Waals surface area contributed by atoms with Gasteiger partial charge in [0.1, 0.15) is 6.61 Å². The van der Waals surface area contributed by atoms with Crippen LogP contribution in [0.2, 0.25) is 0 Å². The third-order valence-electron chi connectivity index (χ3n) is 6.34. The Labute approximate surface area is 161 Å². The fraction of sp³-hybridized carbons (Fsp3) is 0.600. The summed E-state index contributed by atoms with van der Waals surface area (Å²) in [6, 6.07) is 5.39. The SMILES string of the molecule is C[C@H]1C[C@@H](c2ccc(C(F)(F)F)cc2)CCN1C(=O)C1CC2(COC(=O)N2)C1. The fourth-order valence-corrected chi connectivity index (χ4v) is 4.75. The lowest BCUT2D eigenvalue weighted by atomic mass is 9.68. The third-order valence-corrected chi connectivity index (χ3v) is 6.34. The second-order valence-corrected chi connectivity index (χ2v) is 8.31. The zero-order chi connectivity index (χ0) is 20.1. The number of nitrogens with one attached hydrogen (secondary N) is 1. The molecule has 3 fully saturated rings. The molecule has 1 aliphatic carbocycles. The Morgan fingerprint density at radius 3 is 2.46 bits per heavy atom. The molecule has 0 radical (unpaired) electrons. The topological polar surface area (TPSA) is 58.6 Å². The fourth-order valence-electron chi connectivity index (χ4n) is 4.75. The minimum Gasteiger partial charge on any atom is -0.447 e. The molecule has 8 heteroatoms. The van der Waals surface area contributed by atoms with Crippen LogP contribution in [0.25, 0.3) is 0 Å². The van der Waals surface area contributed by atoms with E-state index in [4.69, 9.17) is 4.74 Å². The average molecular weight is 396 g/mol. The summed E-state index contributed by atoms with van der Waals surface area (Å²) >= 11 is 0. The average Bonchev–Trinajstić information content (AvgIpc) is 3.01. The van der Waals surface area contributed by atoms with E-state index in [1.807, 2.05) is 11.8 Å². The number of benzene rings is 1. The van der Waals surface area contributed by atoms with Crippen LogP contribution in [0, 0.1) is 5.92 Å². The maximum absolute atomic E-state index is 12.9. The summed E-state index contributed by atoms with van der Waals surface area (Å²) in [7, 11) is 0. The first kappa shape index (κ1) is 19.1. The molecule has 28 heavy (non-hydrogen) atoms. The Morgan fingerprint density at radius 1 is 1.25 bits per heavy atom. The second kappa shape index (κ2) is 6.67. The number of carbonyl (C=O) groups is 2. The number of nitrogens with zero attached hydrogens (tertiary/aromatic N) is 1. The molecule has 1 aromatic carbocycles. The van der Waals surface area contributed by atoms with Gasteiger partial charge in [-0.3, -0.25) is 4.79 Å². The van der Waals surface area contributed by atoms with E-state index in [0.29, 0.717) is 26.0 Å². The highest BCUT2D eigenvalue weighted by Gasteiger charge is 2.53. The van der Waals surface area contributed by atoms with E-state index in [1.165, 1.54) is 0 Å². The van der Waals surface area contributed by atoms with E-state index < -0.39 is 17.8 Å². The van der Waals surface area contributed by atoms with Crippen molar-refractivity contribution in [1.82, 2.24) is 10.2 Å². The summed E-state index contributed by atoms with van der Waals surface area (Å²) < 4.78 is 43.2. The first-order chi connectivity index (χ1) is 13.2. The number of rotatable bonds is 2. The number of hydrogen-bond acceptors (Lipinski definition) is 3. The lowest BCUT2D eigenvalue weighted by Crippen LogP contribution is -2.59. The number of alkyl halides is 3. The number of amides is 2. The van der Waals surface area contributed by atoms with Crippen molar-refractivity contribution in [2.24, 2.45) is 5.92 Å². The van der Waals surface area contributed by atoms with Crippen molar-refractivity contribution in [2.45, 2.75) is 56.3 Å². The van der Waals surface area contributed by atoms with Crippen molar-refractivity contribution in [3.63, 3.8) is 0 Å². The first-order valence-electron chi connectivity index (χ1n) is 9.59. The van der Waals surface area contributed by atoms with Crippen LogP contribution >= 0.6 is 0 Å². The number of piperidine rings is 1. The lowest BCUT2D eigenvalue weighted by Gasteiger charge is -2.46. The molecule has 2 saturated heterocycles. The Balaban J connectivity index is 1.34. The van der Waals surface area contributed by atoms with Crippen LogP contribution in [0.5, 0.6) is 0 Å². The summed E-state index contributed by atoms with van der Waals surface area (Å²) in [5.74, 6) is 0.147. The van der Waals surface area contributed by atoms with Gasteiger partial charge in [-0.25, -0.2) is 4.79 Å². The molecule has 2 aliphatic heterocycles. The van der Waals surface area contributed by atoms with Crippen molar-refractivity contribution in [3.05, 3.63) is 35.4 Å². The molecule has 4 rings (SSSR count). The van der Waals surface area contributed by atoms with Gasteiger partial charge >= 0.3 is 12.3 Å². The maximum atomic E-state index is 12.9. The minimum atomic E-state index is -4.33. The zero-order valence-corrected chi connectivity index (χ0v) is 15.6. The van der Waals surface area contributed by atoms with Crippen molar-refractivity contribution in [1.29, 1.82) is 0 Å². The van der Waals surface area contributed by atoms with Crippen molar-refractivity contribution in [3.8, 4) is 0 Å². The van der Waals surface area contributed by atoms with Crippen LogP contribution < -0.4 is 5.32 Å². The quantitative estimate of drug-likeness (QED) is 0.830. The van der Waals surface area contributed by atoms with Crippen LogP contribution in [0.15, 0.2) is 24.3 Å². The highest BCUT2D eigenvalue weighted by molar-refractivity contribution is 5.82. The van der Waals surface area contributed by atoms with E-state index in [0.717, 1.165) is 30.5 Å². The van der Waals surface area contributed by atoms with E-state index >= 15 is 0 Å². The van der Waals surface area contributed by atoms with Gasteiger partial charge in [0.15, 0.2) is 0 Å². The third kappa shape index (κ3) is 3.44. The molecule has 1 saturated carbocycles. The summed E-state index contributed by atoms with van der Waals surface area (Å²) in [6.45, 7) is 2.91. The van der Waals surface area contributed by atoms with Crippen molar-refractivity contribution in [2.75, 3.05) is 13.2 Å². The molecule has 2 amide bonds. The van der Waals surface area contributed by atoms with Gasteiger partial charge in [0.25, 0.3) is 0 Å². The number of ether oxygens (including phenoxy) is 1. The molecule has 2 heterocycles. The van der Waals surface area contributed by atoms with Gasteiger partial charge in [0.2, 0.25) is 5.91 Å². The zero-order valence-electron chi connectivity index (χ0n) is 15.6. The molecule has 0 unspecified atom stereocenters. The van der Waals surface area contributed by atoms with E-state index in [2.05, 4.69) is 5.32 Å². The predicted octanol–water partition coefficient (Wildman–Crippen LogP) is 3.69. The number of halogens is 3. The minimum absolute atomic E-state index is 0.0273. The van der Waals surface area contributed by atoms with Gasteiger partial charge in [0, 0.05) is 18.5 Å². The Kier molecular flexibility index (Phi) is 4.55. The number of carbonyl (C=O) groups excluding carboxylic acids is 2. The molecule has 152 valence electrons. The van der Waals surface area contributed by atoms with Crippen LogP contribution in [0.1, 0.15) is 49.7 Å². The smallest absolute Gasteiger partial charge is 0.416 e. The largest absolute Gasteiger partial charge is 0.447 e. The number of alkyl carbamates (subject to hydrolysis) is 1. The normalized spacial score (nSPS) is 32.6. The molecular formula is C20H23F3N2O3. The van der Waals surface area contributed by atoms with Crippen molar-refractivity contribution < 1.29 is 27.5 Å². The second-order valence-electron chi connectivity index (χ2n) is 8.31. The summed E-state index contributed by atoms with van der Waals surface area (Å²) in [4.78, 5) is 26.0. The van der Waals surface area contributed by atoms with E-state index in [-0.39, 0.29) is 29.3 Å². The standard InChI is InChI=1S/C20H23F3N2O3/c1-12-8-14(13-2-4-16(5-3-13)20(21,22)23)6-7-25(12)17(26)15-9-19(10-15)11-28-18(27)24-19/h2-5,12,14-15H,6-11H2,1H3,(H,24,27)/t12-,14-,15?,19?/m0/s1. The molecule has 2 atom stereocenters. The number of hydrogen-bond donors (Lipinski definition) is 1. The van der Waals surface area contributed by atoms with Gasteiger partial charge < -0.3 is 15.0 Å². The predicted molar refractivity (Wildman–Crippen MR) is 94.5 cm³/mol. The monoisotopic (exact) mass is 396 g/mol. The molecular weight excluding hydrogens is 373 g/mol. The van der Waals surface area contributed by atoms with Gasteiger partial charge in [0.05, 0.1) is 11.1 Å². The van der Waals surface area contributed by atoms with Crippen LogP contribution in [-0.4, -0.2) is 41.6 Å². The highest BCUT2D eigenvalue weighted by Crippen LogP contribution is 2.43. The summed E-state index contributed by atoms with van der Waals surface area (Å²) in [6.07, 6.45) is -2.08. The van der Waals surface area contributed by atoms with Crippen LogP contribution in [-0.2, 0) is 15.7 Å². The Morgan fingerprint density at radius 2 is 1.93 bits per heavy atom. The number of likely N-dealkylation sites (tertiary alicyclic amines) is 1. The molecule has 1 spiro atoms. The summed E-state index contributed by atoms with van der Waals surface area (Å²) in [5, 5.41) is 2.80. The highest BCUT2D eigenvalue weighted by atomic mass is 19.4. The van der Waals surface area contributed by atoms with E-state index in [1.54, 1.807) is 12.1 Å². The van der Waals surface area contributed by atoms with Gasteiger partial charge in [-0.05, 0) is 56.2 Å². The lowest BCUT2D eigenvalue weighted by molar-refractivity contribution is -0.144. The maximum Gasteiger partial charge on any atom is 0.416 e. The van der Waals surface area contributed by atoms with Crippen LogP contribution in [0.3, 0.4) is 0 Å². The Hall–Kier alpha value is -2.25. The molecule has 0 aromatic heterocycles. The first-order valence-corrected chi connectivity index (χ1v) is 9.59. The van der Waals surface area contributed by atoms with Gasteiger partial charge in [-0.2, -0.15) is 13.2 Å². The Bertz CT molecular complexity index is 772.